The third kappa shape index (κ3) is 5.11. The van der Waals surface area contributed by atoms with Crippen molar-refractivity contribution in [2.24, 2.45) is 0 Å². The van der Waals surface area contributed by atoms with Crippen molar-refractivity contribution in [3.8, 4) is 22.3 Å². The van der Waals surface area contributed by atoms with Gasteiger partial charge in [-0.25, -0.2) is 0 Å². The first kappa shape index (κ1) is 35.5. The van der Waals surface area contributed by atoms with Crippen LogP contribution in [0.2, 0.25) is 0 Å². The summed E-state index contributed by atoms with van der Waals surface area (Å²) in [5, 5.41) is 0. The largest absolute Gasteiger partial charge is 0.310 e. The highest BCUT2D eigenvalue weighted by molar-refractivity contribution is 7.99. The van der Waals surface area contributed by atoms with Gasteiger partial charge in [0, 0.05) is 44.1 Å². The van der Waals surface area contributed by atoms with Crippen molar-refractivity contribution < 1.29 is 0 Å². The fraction of sp³-hybridized carbons (Fsp3) is 0.172. The Kier molecular flexibility index (Phi) is 7.34. The first-order valence-electron chi connectivity index (χ1n) is 22.0. The van der Waals surface area contributed by atoms with Gasteiger partial charge in [-0.05, 0) is 152 Å². The highest BCUT2D eigenvalue weighted by atomic mass is 32.2. The molecule has 0 N–H and O–H groups in total. The molecule has 0 saturated carbocycles. The second-order valence-electron chi connectivity index (χ2n) is 18.8. The minimum absolute atomic E-state index is 0.117. The maximum atomic E-state index is 2.53. The molecule has 0 unspecified atom stereocenters. The van der Waals surface area contributed by atoms with Crippen LogP contribution in [0, 0.1) is 0 Å². The summed E-state index contributed by atoms with van der Waals surface area (Å²) in [6.45, 7) is 9.66. The van der Waals surface area contributed by atoms with Crippen molar-refractivity contribution in [2.45, 2.75) is 74.0 Å². The summed E-state index contributed by atoms with van der Waals surface area (Å²) >= 11 is 1.88. The van der Waals surface area contributed by atoms with Gasteiger partial charge in [0.25, 0.3) is 0 Å². The number of benzene rings is 7. The Morgan fingerprint density at radius 1 is 0.525 bits per heavy atom. The van der Waals surface area contributed by atoms with E-state index in [-0.39, 0.29) is 10.8 Å². The van der Waals surface area contributed by atoms with Gasteiger partial charge in [0.05, 0.1) is 17.1 Å². The molecule has 294 valence electrons. The minimum Gasteiger partial charge on any atom is -0.310 e. The molecule has 2 heterocycles. The standard InChI is InChI=1S/C58H46N2S/c1-57(2)45-29-35(23-26-40(45)41-28-25-39(32-47(41)57)59-49-15-7-5-13-37(49)31-38-14-6-8-16-50(38)59)21-22-36-24-27-42-46(30-36)58(3,4)48-34-53(43-33-44(43)56(42)48)60-51-17-9-11-19-54(51)61-55-20-12-10-18-52(55)60/h5,7-13,15-30,32,34H,6,14,31,33H2,1-4H3/b22-21+. The van der Waals surface area contributed by atoms with E-state index in [9.17, 15) is 0 Å². The molecule has 0 aromatic heterocycles. The zero-order valence-electron chi connectivity index (χ0n) is 35.1. The molecule has 0 radical (unpaired) electrons. The van der Waals surface area contributed by atoms with Gasteiger partial charge in [0.1, 0.15) is 0 Å². The fourth-order valence-corrected chi connectivity index (χ4v) is 12.4. The third-order valence-corrected chi connectivity index (χ3v) is 15.8. The lowest BCUT2D eigenvalue weighted by atomic mass is 9.81. The molecule has 0 atom stereocenters. The average Bonchev–Trinajstić information content (AvgIpc) is 4.01. The summed E-state index contributed by atoms with van der Waals surface area (Å²) in [6.07, 6.45) is 13.7. The normalized spacial score (nSPS) is 17.5. The van der Waals surface area contributed by atoms with Crippen LogP contribution in [0.4, 0.5) is 28.4 Å². The topological polar surface area (TPSA) is 6.48 Å². The van der Waals surface area contributed by atoms with E-state index in [4.69, 9.17) is 0 Å². The second kappa shape index (κ2) is 12.6. The van der Waals surface area contributed by atoms with E-state index in [1.54, 1.807) is 5.57 Å². The van der Waals surface area contributed by atoms with Crippen molar-refractivity contribution in [3.05, 3.63) is 207 Å². The number of anilines is 5. The fourth-order valence-electron chi connectivity index (χ4n) is 11.4. The van der Waals surface area contributed by atoms with Gasteiger partial charge in [-0.15, -0.1) is 0 Å². The molecule has 4 aliphatic carbocycles. The average molecular weight is 803 g/mol. The lowest BCUT2D eigenvalue weighted by molar-refractivity contribution is 0.660. The summed E-state index contributed by atoms with van der Waals surface area (Å²) in [5.74, 6) is 0. The molecule has 7 aromatic carbocycles. The van der Waals surface area contributed by atoms with E-state index >= 15 is 0 Å². The Hall–Kier alpha value is -6.29. The molecule has 6 aliphatic rings. The maximum Gasteiger partial charge on any atom is 0.0601 e. The van der Waals surface area contributed by atoms with Crippen LogP contribution >= 0.6 is 11.8 Å². The third-order valence-electron chi connectivity index (χ3n) is 14.6. The van der Waals surface area contributed by atoms with Gasteiger partial charge in [0.15, 0.2) is 0 Å². The van der Waals surface area contributed by atoms with Crippen molar-refractivity contribution in [1.29, 1.82) is 0 Å². The molecule has 13 rings (SSSR count). The van der Waals surface area contributed by atoms with Crippen LogP contribution in [0.15, 0.2) is 167 Å². The summed E-state index contributed by atoms with van der Waals surface area (Å²) in [5.41, 5.74) is 27.3. The lowest BCUT2D eigenvalue weighted by Gasteiger charge is -2.36. The zero-order chi connectivity index (χ0) is 40.8. The number of hydrogen-bond acceptors (Lipinski definition) is 3. The summed E-state index contributed by atoms with van der Waals surface area (Å²) in [4.78, 5) is 7.68. The van der Waals surface area contributed by atoms with Crippen LogP contribution in [-0.2, 0) is 23.7 Å². The van der Waals surface area contributed by atoms with E-state index in [1.165, 1.54) is 116 Å². The Balaban J connectivity index is 0.816. The second-order valence-corrected chi connectivity index (χ2v) is 19.9. The maximum absolute atomic E-state index is 2.53. The number of fused-ring (bicyclic) bond motifs is 11. The summed E-state index contributed by atoms with van der Waals surface area (Å²) in [6, 6.07) is 50.7. The summed E-state index contributed by atoms with van der Waals surface area (Å²) in [7, 11) is 0. The van der Waals surface area contributed by atoms with Gasteiger partial charge < -0.3 is 9.80 Å². The Morgan fingerprint density at radius 3 is 1.87 bits per heavy atom. The first-order chi connectivity index (χ1) is 29.7. The van der Waals surface area contributed by atoms with Crippen LogP contribution in [0.3, 0.4) is 0 Å². The van der Waals surface area contributed by atoms with Crippen LogP contribution in [-0.4, -0.2) is 0 Å². The number of allylic oxidation sites excluding steroid dienone is 3. The summed E-state index contributed by atoms with van der Waals surface area (Å²) < 4.78 is 0. The smallest absolute Gasteiger partial charge is 0.0601 e. The molecular weight excluding hydrogens is 757 g/mol. The zero-order valence-corrected chi connectivity index (χ0v) is 36.0. The molecule has 0 fully saturated rings. The van der Waals surface area contributed by atoms with Crippen molar-refractivity contribution in [3.63, 3.8) is 0 Å². The highest BCUT2D eigenvalue weighted by Gasteiger charge is 2.44. The van der Waals surface area contributed by atoms with Gasteiger partial charge in [-0.2, -0.15) is 0 Å². The Morgan fingerprint density at radius 2 is 1.13 bits per heavy atom. The lowest BCUT2D eigenvalue weighted by Crippen LogP contribution is -2.25. The van der Waals surface area contributed by atoms with E-state index in [0.29, 0.717) is 0 Å². The number of para-hydroxylation sites is 3. The molecule has 0 amide bonds. The molecule has 0 spiro atoms. The molecule has 2 nitrogen and oxygen atoms in total. The van der Waals surface area contributed by atoms with Crippen molar-refractivity contribution >= 4 is 52.4 Å². The van der Waals surface area contributed by atoms with Crippen LogP contribution in [0.25, 0.3) is 34.4 Å². The molecule has 0 saturated heterocycles. The van der Waals surface area contributed by atoms with E-state index in [1.807, 2.05) is 11.8 Å². The molecule has 3 heteroatoms. The molecular formula is C58H46N2S. The minimum atomic E-state index is -0.123. The number of nitrogens with zero attached hydrogens (tertiary/aromatic N) is 2. The molecule has 61 heavy (non-hydrogen) atoms. The van der Waals surface area contributed by atoms with Gasteiger partial charge in [0.2, 0.25) is 0 Å². The first-order valence-corrected chi connectivity index (χ1v) is 22.8. The van der Waals surface area contributed by atoms with Gasteiger partial charge in [-0.3, -0.25) is 0 Å². The Bertz CT molecular complexity index is 3150. The molecule has 2 aliphatic heterocycles. The van der Waals surface area contributed by atoms with Crippen LogP contribution < -0.4 is 9.80 Å². The quantitative estimate of drug-likeness (QED) is 0.164. The highest BCUT2D eigenvalue weighted by Crippen LogP contribution is 2.61. The predicted octanol–water partition coefficient (Wildman–Crippen LogP) is 15.6. The van der Waals surface area contributed by atoms with Crippen LogP contribution in [0.5, 0.6) is 0 Å². The number of rotatable bonds is 4. The van der Waals surface area contributed by atoms with E-state index in [0.717, 1.165) is 25.7 Å². The Labute approximate surface area is 363 Å². The molecule has 7 aromatic rings. The monoisotopic (exact) mass is 802 g/mol. The van der Waals surface area contributed by atoms with Crippen LogP contribution in [0.1, 0.15) is 90.6 Å². The molecule has 0 bridgehead atoms. The van der Waals surface area contributed by atoms with E-state index in [2.05, 4.69) is 195 Å². The van der Waals surface area contributed by atoms with Gasteiger partial charge in [-0.1, -0.05) is 143 Å². The predicted molar refractivity (Wildman–Crippen MR) is 256 cm³/mol. The van der Waals surface area contributed by atoms with Crippen molar-refractivity contribution in [2.75, 3.05) is 9.80 Å². The van der Waals surface area contributed by atoms with Crippen molar-refractivity contribution in [1.82, 2.24) is 0 Å². The van der Waals surface area contributed by atoms with E-state index < -0.39 is 0 Å². The number of hydrogen-bond donors (Lipinski definition) is 0. The van der Waals surface area contributed by atoms with Gasteiger partial charge >= 0.3 is 0 Å². The SMILES string of the molecule is CC1(C)c2cc(/C=C/c3ccc4c(c3)C(C)(C)c3cc(N5c6ccccc6Sc6ccccc65)c5c(c3-4)C5)ccc2-c2ccc(N3C4=C(CCC=C4)Cc4ccccc43)cc21.